The average molecular weight is 385 g/mol. The SMILES string of the molecule is O=C(Nc1ccc(Br)cc1F)c1c2c(nc3ccccc13)CCC2. The number of pyridine rings is 1. The Morgan fingerprint density at radius 3 is 2.83 bits per heavy atom. The molecule has 1 aliphatic rings. The van der Waals surface area contributed by atoms with Crippen LogP contribution in [0.4, 0.5) is 10.1 Å². The minimum absolute atomic E-state index is 0.177. The van der Waals surface area contributed by atoms with Crippen molar-refractivity contribution >= 4 is 38.4 Å². The summed E-state index contributed by atoms with van der Waals surface area (Å²) in [5.41, 5.74) is 3.57. The highest BCUT2D eigenvalue weighted by Gasteiger charge is 2.24. The average Bonchev–Trinajstić information content (AvgIpc) is 3.02. The molecule has 1 amide bonds. The number of rotatable bonds is 2. The van der Waals surface area contributed by atoms with Crippen LogP contribution in [0.5, 0.6) is 0 Å². The van der Waals surface area contributed by atoms with E-state index >= 15 is 0 Å². The van der Waals surface area contributed by atoms with Gasteiger partial charge >= 0.3 is 0 Å². The van der Waals surface area contributed by atoms with Gasteiger partial charge in [-0.15, -0.1) is 0 Å². The monoisotopic (exact) mass is 384 g/mol. The van der Waals surface area contributed by atoms with E-state index in [1.165, 1.54) is 6.07 Å². The number of hydrogen-bond donors (Lipinski definition) is 1. The molecule has 3 nitrogen and oxygen atoms in total. The summed E-state index contributed by atoms with van der Waals surface area (Å²) in [6, 6.07) is 12.2. The fourth-order valence-electron chi connectivity index (χ4n) is 3.25. The molecule has 2 aromatic carbocycles. The number of nitrogens with one attached hydrogen (secondary N) is 1. The van der Waals surface area contributed by atoms with Crippen LogP contribution in [0.25, 0.3) is 10.9 Å². The van der Waals surface area contributed by atoms with Gasteiger partial charge < -0.3 is 5.32 Å². The number of aryl methyl sites for hydroxylation is 1. The molecule has 0 atom stereocenters. The topological polar surface area (TPSA) is 42.0 Å². The molecule has 5 heteroatoms. The van der Waals surface area contributed by atoms with Crippen molar-refractivity contribution in [3.63, 3.8) is 0 Å². The second-order valence-corrected chi connectivity index (χ2v) is 6.78. The molecule has 1 aliphatic carbocycles. The fraction of sp³-hybridized carbons (Fsp3) is 0.158. The summed E-state index contributed by atoms with van der Waals surface area (Å²) >= 11 is 3.22. The highest BCUT2D eigenvalue weighted by Crippen LogP contribution is 2.31. The van der Waals surface area contributed by atoms with Gasteiger partial charge in [0.05, 0.1) is 16.8 Å². The smallest absolute Gasteiger partial charge is 0.256 e. The van der Waals surface area contributed by atoms with Crippen molar-refractivity contribution in [2.45, 2.75) is 19.3 Å². The van der Waals surface area contributed by atoms with E-state index in [-0.39, 0.29) is 11.6 Å². The molecule has 24 heavy (non-hydrogen) atoms. The Morgan fingerprint density at radius 1 is 1.17 bits per heavy atom. The van der Waals surface area contributed by atoms with E-state index in [1.54, 1.807) is 12.1 Å². The highest BCUT2D eigenvalue weighted by atomic mass is 79.9. The number of hydrogen-bond acceptors (Lipinski definition) is 2. The summed E-state index contributed by atoms with van der Waals surface area (Å²) in [6.45, 7) is 0. The predicted octanol–water partition coefficient (Wildman–Crippen LogP) is 4.88. The summed E-state index contributed by atoms with van der Waals surface area (Å²) in [7, 11) is 0. The van der Waals surface area contributed by atoms with Crippen LogP contribution in [0.1, 0.15) is 28.0 Å². The van der Waals surface area contributed by atoms with Gasteiger partial charge in [-0.3, -0.25) is 9.78 Å². The van der Waals surface area contributed by atoms with Crippen LogP contribution in [0.15, 0.2) is 46.9 Å². The van der Waals surface area contributed by atoms with Crippen molar-refractivity contribution in [3.05, 3.63) is 69.6 Å². The number of para-hydroxylation sites is 1. The Hall–Kier alpha value is -2.27. The Bertz CT molecular complexity index is 971. The van der Waals surface area contributed by atoms with Crippen molar-refractivity contribution in [1.29, 1.82) is 0 Å². The van der Waals surface area contributed by atoms with Crippen LogP contribution in [-0.4, -0.2) is 10.9 Å². The lowest BCUT2D eigenvalue weighted by atomic mass is 10.0. The molecule has 0 radical (unpaired) electrons. The first-order valence-corrected chi connectivity index (χ1v) is 8.59. The normalized spacial score (nSPS) is 13.1. The maximum absolute atomic E-state index is 14.1. The molecule has 0 aliphatic heterocycles. The van der Waals surface area contributed by atoms with Gasteiger partial charge in [0.15, 0.2) is 0 Å². The van der Waals surface area contributed by atoms with Gasteiger partial charge in [-0.2, -0.15) is 0 Å². The summed E-state index contributed by atoms with van der Waals surface area (Å²) < 4.78 is 14.7. The van der Waals surface area contributed by atoms with E-state index < -0.39 is 5.82 Å². The van der Waals surface area contributed by atoms with E-state index in [9.17, 15) is 9.18 Å². The number of halogens is 2. The fourth-order valence-corrected chi connectivity index (χ4v) is 3.58. The van der Waals surface area contributed by atoms with Gasteiger partial charge in [-0.25, -0.2) is 4.39 Å². The number of carbonyl (C=O) groups is 1. The van der Waals surface area contributed by atoms with Crippen LogP contribution >= 0.6 is 15.9 Å². The van der Waals surface area contributed by atoms with Gasteiger partial charge in [0, 0.05) is 15.6 Å². The third kappa shape index (κ3) is 2.59. The quantitative estimate of drug-likeness (QED) is 0.684. The van der Waals surface area contributed by atoms with Crippen molar-refractivity contribution < 1.29 is 9.18 Å². The van der Waals surface area contributed by atoms with Crippen LogP contribution in [0, 0.1) is 5.82 Å². The second-order valence-electron chi connectivity index (χ2n) is 5.86. The van der Waals surface area contributed by atoms with E-state index in [1.807, 2.05) is 24.3 Å². The molecule has 1 aromatic heterocycles. The van der Waals surface area contributed by atoms with Gasteiger partial charge in [0.1, 0.15) is 5.82 Å². The van der Waals surface area contributed by atoms with Gasteiger partial charge in [0.25, 0.3) is 5.91 Å². The maximum Gasteiger partial charge on any atom is 0.256 e. The van der Waals surface area contributed by atoms with Crippen molar-refractivity contribution in [3.8, 4) is 0 Å². The van der Waals surface area contributed by atoms with Gasteiger partial charge in [-0.05, 0) is 49.1 Å². The zero-order valence-corrected chi connectivity index (χ0v) is 14.4. The number of amides is 1. The Labute approximate surface area is 147 Å². The number of fused-ring (bicyclic) bond motifs is 2. The molecular formula is C19H14BrFN2O. The summed E-state index contributed by atoms with van der Waals surface area (Å²) in [6.07, 6.45) is 2.71. The second kappa shape index (κ2) is 5.98. The first-order valence-electron chi connectivity index (χ1n) is 7.80. The predicted molar refractivity (Wildman–Crippen MR) is 95.8 cm³/mol. The van der Waals surface area contributed by atoms with E-state index in [2.05, 4.69) is 26.2 Å². The molecule has 3 aromatic rings. The number of benzene rings is 2. The molecule has 1 heterocycles. The number of anilines is 1. The minimum Gasteiger partial charge on any atom is -0.319 e. The summed E-state index contributed by atoms with van der Waals surface area (Å²) in [5, 5.41) is 3.53. The third-order valence-corrected chi connectivity index (χ3v) is 4.82. The van der Waals surface area contributed by atoms with Crippen molar-refractivity contribution in [1.82, 2.24) is 4.98 Å². The number of aromatic nitrogens is 1. The zero-order chi connectivity index (χ0) is 16.7. The lowest BCUT2D eigenvalue weighted by Gasteiger charge is -2.13. The van der Waals surface area contributed by atoms with Crippen LogP contribution in [0.3, 0.4) is 0 Å². The van der Waals surface area contributed by atoms with Gasteiger partial charge in [-0.1, -0.05) is 34.1 Å². The van der Waals surface area contributed by atoms with E-state index in [0.29, 0.717) is 10.0 Å². The Kier molecular flexibility index (Phi) is 3.81. The number of carbonyl (C=O) groups excluding carboxylic acids is 1. The van der Waals surface area contributed by atoms with E-state index in [4.69, 9.17) is 0 Å². The van der Waals surface area contributed by atoms with Crippen LogP contribution in [-0.2, 0) is 12.8 Å². The first-order chi connectivity index (χ1) is 11.6. The standard InChI is InChI=1S/C19H14BrFN2O/c20-11-8-9-17(14(21)10-11)23-19(24)18-12-4-1-2-6-15(12)22-16-7-3-5-13(16)18/h1-2,4,6,8-10H,3,5,7H2,(H,23,24). The molecule has 4 rings (SSSR count). The first kappa shape index (κ1) is 15.3. The Morgan fingerprint density at radius 2 is 2.00 bits per heavy atom. The molecule has 0 fully saturated rings. The molecule has 0 saturated heterocycles. The highest BCUT2D eigenvalue weighted by molar-refractivity contribution is 9.10. The summed E-state index contributed by atoms with van der Waals surface area (Å²) in [5.74, 6) is -0.749. The molecule has 0 saturated carbocycles. The van der Waals surface area contributed by atoms with Crippen molar-refractivity contribution in [2.75, 3.05) is 5.32 Å². The number of nitrogens with zero attached hydrogens (tertiary/aromatic N) is 1. The Balaban J connectivity index is 1.82. The lowest BCUT2D eigenvalue weighted by molar-refractivity contribution is 0.102. The van der Waals surface area contributed by atoms with Crippen molar-refractivity contribution in [2.24, 2.45) is 0 Å². The van der Waals surface area contributed by atoms with Crippen LogP contribution < -0.4 is 5.32 Å². The largest absolute Gasteiger partial charge is 0.319 e. The molecule has 0 bridgehead atoms. The van der Waals surface area contributed by atoms with E-state index in [0.717, 1.165) is 41.4 Å². The lowest BCUT2D eigenvalue weighted by Crippen LogP contribution is -2.16. The minimum atomic E-state index is -0.465. The van der Waals surface area contributed by atoms with Crippen LogP contribution in [0.2, 0.25) is 0 Å². The third-order valence-electron chi connectivity index (χ3n) is 4.33. The molecule has 1 N–H and O–H groups in total. The molecule has 0 spiro atoms. The molecule has 0 unspecified atom stereocenters. The molecule has 120 valence electrons. The zero-order valence-electron chi connectivity index (χ0n) is 12.8. The molecular weight excluding hydrogens is 371 g/mol. The summed E-state index contributed by atoms with van der Waals surface area (Å²) in [4.78, 5) is 17.6. The maximum atomic E-state index is 14.1. The van der Waals surface area contributed by atoms with Gasteiger partial charge in [0.2, 0.25) is 0 Å².